The largest absolute Gasteiger partial charge is 0.463 e. The van der Waals surface area contributed by atoms with E-state index >= 15 is 0 Å². The fraction of sp³-hybridized carbons (Fsp3) is 0.448. The second-order valence-electron chi connectivity index (χ2n) is 10.0. The molecule has 1 saturated carbocycles. The van der Waals surface area contributed by atoms with Crippen molar-refractivity contribution >= 4 is 29.4 Å². The Bertz CT molecular complexity index is 1170. The Morgan fingerprint density at radius 3 is 2.02 bits per heavy atom. The highest BCUT2D eigenvalue weighted by atomic mass is 19.4. The van der Waals surface area contributed by atoms with Gasteiger partial charge in [0, 0.05) is 23.9 Å². The lowest BCUT2D eigenvalue weighted by Crippen LogP contribution is -2.37. The summed E-state index contributed by atoms with van der Waals surface area (Å²) in [5, 5.41) is 0. The standard InChI is InChI=1S/C29H33F5N2O5/c30-28(31,32)18-20-3-8-22(9-4-20)29(33,34)41-25-10-5-19(6-11-25)7-12-26(37)39-13-1-2-14-40-27(38)21-15-23(35)17-24(36)16-21/h5-7,10-12,15-17,20,22H,1-4,8-9,13-14,18,35-36H2. The highest BCUT2D eigenvalue weighted by molar-refractivity contribution is 5.91. The summed E-state index contributed by atoms with van der Waals surface area (Å²) in [7, 11) is 0. The van der Waals surface area contributed by atoms with Gasteiger partial charge in [-0.3, -0.25) is 0 Å². The first-order valence-corrected chi connectivity index (χ1v) is 13.2. The van der Waals surface area contributed by atoms with Gasteiger partial charge in [-0.1, -0.05) is 12.1 Å². The van der Waals surface area contributed by atoms with Crippen LogP contribution in [0.3, 0.4) is 0 Å². The van der Waals surface area contributed by atoms with Crippen LogP contribution < -0.4 is 16.2 Å². The molecule has 0 spiro atoms. The number of unbranched alkanes of at least 4 members (excludes halogenated alkanes) is 1. The Morgan fingerprint density at radius 2 is 1.44 bits per heavy atom. The third-order valence-corrected chi connectivity index (χ3v) is 6.62. The van der Waals surface area contributed by atoms with Gasteiger partial charge in [0.2, 0.25) is 0 Å². The highest BCUT2D eigenvalue weighted by Gasteiger charge is 2.45. The predicted octanol–water partition coefficient (Wildman–Crippen LogP) is 6.78. The van der Waals surface area contributed by atoms with E-state index in [2.05, 4.69) is 0 Å². The molecule has 0 atom stereocenters. The Hall–Kier alpha value is -3.83. The van der Waals surface area contributed by atoms with Crippen LogP contribution in [0.4, 0.5) is 33.3 Å². The molecule has 0 saturated heterocycles. The number of esters is 2. The van der Waals surface area contributed by atoms with Gasteiger partial charge in [0.15, 0.2) is 0 Å². The second-order valence-corrected chi connectivity index (χ2v) is 10.0. The molecule has 0 aliphatic heterocycles. The van der Waals surface area contributed by atoms with Gasteiger partial charge in [-0.25, -0.2) is 9.59 Å². The Kier molecular flexibility index (Phi) is 11.0. The Labute approximate surface area is 234 Å². The average molecular weight is 585 g/mol. The van der Waals surface area contributed by atoms with Crippen molar-refractivity contribution < 1.29 is 45.8 Å². The summed E-state index contributed by atoms with van der Waals surface area (Å²) in [6.07, 6.45) is -5.12. The molecule has 224 valence electrons. The van der Waals surface area contributed by atoms with Gasteiger partial charge < -0.3 is 25.7 Å². The van der Waals surface area contributed by atoms with Crippen molar-refractivity contribution in [2.24, 2.45) is 11.8 Å². The van der Waals surface area contributed by atoms with Crippen LogP contribution in [-0.4, -0.2) is 37.4 Å². The van der Waals surface area contributed by atoms with E-state index in [0.29, 0.717) is 29.8 Å². The number of hydrogen-bond acceptors (Lipinski definition) is 7. The second kappa shape index (κ2) is 14.2. The van der Waals surface area contributed by atoms with E-state index in [1.54, 1.807) is 0 Å². The van der Waals surface area contributed by atoms with E-state index in [1.807, 2.05) is 0 Å². The first kappa shape index (κ1) is 31.7. The zero-order valence-corrected chi connectivity index (χ0v) is 22.3. The topological polar surface area (TPSA) is 114 Å². The molecule has 0 amide bonds. The van der Waals surface area contributed by atoms with Gasteiger partial charge in [0.25, 0.3) is 0 Å². The lowest BCUT2D eigenvalue weighted by molar-refractivity contribution is -0.225. The zero-order valence-electron chi connectivity index (χ0n) is 22.3. The van der Waals surface area contributed by atoms with Crippen LogP contribution in [0.5, 0.6) is 5.75 Å². The van der Waals surface area contributed by atoms with Crippen LogP contribution in [0.2, 0.25) is 0 Å². The summed E-state index contributed by atoms with van der Waals surface area (Å²) >= 11 is 0. The molecule has 0 aromatic heterocycles. The molecule has 4 N–H and O–H groups in total. The van der Waals surface area contributed by atoms with Gasteiger partial charge in [-0.2, -0.15) is 22.0 Å². The summed E-state index contributed by atoms with van der Waals surface area (Å²) in [6.45, 7) is 0.222. The van der Waals surface area contributed by atoms with E-state index in [1.165, 1.54) is 54.6 Å². The summed E-state index contributed by atoms with van der Waals surface area (Å²) in [5.41, 5.74) is 12.8. The van der Waals surface area contributed by atoms with Crippen molar-refractivity contribution in [2.45, 2.75) is 57.2 Å². The normalized spacial score (nSPS) is 17.8. The molecule has 7 nitrogen and oxygen atoms in total. The maximum atomic E-state index is 14.6. The van der Waals surface area contributed by atoms with Crippen LogP contribution in [-0.2, 0) is 14.3 Å². The van der Waals surface area contributed by atoms with Crippen molar-refractivity contribution in [3.8, 4) is 5.75 Å². The van der Waals surface area contributed by atoms with E-state index < -0.39 is 42.5 Å². The first-order chi connectivity index (χ1) is 19.3. The smallest absolute Gasteiger partial charge is 0.400 e. The molecule has 0 heterocycles. The molecule has 12 heteroatoms. The number of alkyl halides is 5. The lowest BCUT2D eigenvalue weighted by atomic mass is 9.80. The SMILES string of the molecule is Nc1cc(N)cc(C(=O)OCCCCOC(=O)C=Cc2ccc(OC(F)(F)C3CCC(CC(F)(F)F)CC3)cc2)c1. The number of nitrogens with two attached hydrogens (primary N) is 2. The van der Waals surface area contributed by atoms with E-state index in [-0.39, 0.29) is 50.2 Å². The third kappa shape index (κ3) is 10.9. The fourth-order valence-electron chi connectivity index (χ4n) is 4.55. The highest BCUT2D eigenvalue weighted by Crippen LogP contribution is 2.42. The van der Waals surface area contributed by atoms with E-state index in [4.69, 9.17) is 25.7 Å². The maximum Gasteiger partial charge on any atom is 0.400 e. The first-order valence-electron chi connectivity index (χ1n) is 13.2. The predicted molar refractivity (Wildman–Crippen MR) is 143 cm³/mol. The molecule has 0 radical (unpaired) electrons. The average Bonchev–Trinajstić information content (AvgIpc) is 2.88. The number of carbonyl (C=O) groups is 2. The summed E-state index contributed by atoms with van der Waals surface area (Å²) in [6, 6.07) is 10.1. The summed E-state index contributed by atoms with van der Waals surface area (Å²) < 4.78 is 82.0. The molecule has 41 heavy (non-hydrogen) atoms. The van der Waals surface area contributed by atoms with Crippen molar-refractivity contribution in [3.05, 3.63) is 59.7 Å². The molecule has 1 aliphatic carbocycles. The monoisotopic (exact) mass is 584 g/mol. The molecule has 1 aliphatic rings. The molecule has 2 aromatic rings. The summed E-state index contributed by atoms with van der Waals surface area (Å²) in [5.74, 6) is -3.05. The van der Waals surface area contributed by atoms with Crippen LogP contribution in [0.1, 0.15) is 60.9 Å². The minimum absolute atomic E-state index is 0.0410. The number of nitrogen functional groups attached to an aromatic ring is 2. The van der Waals surface area contributed by atoms with Crippen LogP contribution in [0, 0.1) is 11.8 Å². The Balaban J connectivity index is 1.34. The van der Waals surface area contributed by atoms with Crippen molar-refractivity contribution in [1.82, 2.24) is 0 Å². The van der Waals surface area contributed by atoms with Crippen LogP contribution >= 0.6 is 0 Å². The lowest BCUT2D eigenvalue weighted by Gasteiger charge is -2.33. The van der Waals surface area contributed by atoms with Crippen molar-refractivity contribution in [2.75, 3.05) is 24.7 Å². The number of anilines is 2. The third-order valence-electron chi connectivity index (χ3n) is 6.62. The molecule has 2 aromatic carbocycles. The molecular formula is C29H33F5N2O5. The Morgan fingerprint density at radius 1 is 0.854 bits per heavy atom. The van der Waals surface area contributed by atoms with Crippen LogP contribution in [0.25, 0.3) is 6.08 Å². The van der Waals surface area contributed by atoms with Crippen LogP contribution in [0.15, 0.2) is 48.5 Å². The number of hydrogen-bond donors (Lipinski definition) is 2. The van der Waals surface area contributed by atoms with E-state index in [0.717, 1.165) is 0 Å². The molecule has 3 rings (SSSR count). The van der Waals surface area contributed by atoms with Crippen molar-refractivity contribution in [3.63, 3.8) is 0 Å². The minimum atomic E-state index is -4.29. The van der Waals surface area contributed by atoms with Gasteiger partial charge in [0.1, 0.15) is 5.75 Å². The number of benzene rings is 2. The zero-order chi connectivity index (χ0) is 30.0. The molecule has 1 fully saturated rings. The molecule has 0 bridgehead atoms. The summed E-state index contributed by atoms with van der Waals surface area (Å²) in [4.78, 5) is 23.9. The number of ether oxygens (including phenoxy) is 3. The van der Waals surface area contributed by atoms with Gasteiger partial charge in [0.05, 0.1) is 24.7 Å². The van der Waals surface area contributed by atoms with E-state index in [9.17, 15) is 31.5 Å². The minimum Gasteiger partial charge on any atom is -0.463 e. The number of rotatable bonds is 12. The van der Waals surface area contributed by atoms with Gasteiger partial charge in [-0.05, 0) is 86.4 Å². The molecular weight excluding hydrogens is 551 g/mol. The molecule has 0 unspecified atom stereocenters. The fourth-order valence-corrected chi connectivity index (χ4v) is 4.55. The number of carbonyl (C=O) groups excluding carboxylic acids is 2. The van der Waals surface area contributed by atoms with Gasteiger partial charge >= 0.3 is 24.2 Å². The maximum absolute atomic E-state index is 14.6. The quantitative estimate of drug-likeness (QED) is 0.0930. The van der Waals surface area contributed by atoms with Crippen molar-refractivity contribution in [1.29, 1.82) is 0 Å². The number of halogens is 5. The van der Waals surface area contributed by atoms with Gasteiger partial charge in [-0.15, -0.1) is 0 Å².